The highest BCUT2D eigenvalue weighted by atomic mass is 15.1. The molecule has 3 rings (SSSR count). The maximum Gasteiger partial charge on any atom is 0.0952 e. The molecule has 2 aromatic heterocycles. The Labute approximate surface area is 113 Å². The maximum atomic E-state index is 4.48. The Balaban J connectivity index is 1.91. The van der Waals surface area contributed by atoms with Gasteiger partial charge in [0.2, 0.25) is 0 Å². The second-order valence-corrected chi connectivity index (χ2v) is 5.66. The highest BCUT2D eigenvalue weighted by Gasteiger charge is 2.33. The van der Waals surface area contributed by atoms with E-state index < -0.39 is 0 Å². The molecule has 1 aliphatic heterocycles. The molecule has 1 atom stereocenters. The Kier molecular flexibility index (Phi) is 3.11. The summed E-state index contributed by atoms with van der Waals surface area (Å²) in [5, 5.41) is 3.45. The highest BCUT2D eigenvalue weighted by molar-refractivity contribution is 5.22. The number of nitrogens with zero attached hydrogens (tertiary/aromatic N) is 3. The third-order valence-electron chi connectivity index (χ3n) is 4.14. The average molecular weight is 256 g/mol. The minimum atomic E-state index is 0.194. The molecule has 4 heteroatoms. The van der Waals surface area contributed by atoms with Crippen molar-refractivity contribution in [2.24, 2.45) is 0 Å². The molecule has 1 unspecified atom stereocenters. The quantitative estimate of drug-likeness (QED) is 0.912. The van der Waals surface area contributed by atoms with Crippen LogP contribution in [0.5, 0.6) is 0 Å². The number of aromatic nitrogens is 3. The van der Waals surface area contributed by atoms with Gasteiger partial charge >= 0.3 is 0 Å². The molecule has 1 N–H and O–H groups in total. The van der Waals surface area contributed by atoms with Gasteiger partial charge in [-0.25, -0.2) is 4.98 Å². The Morgan fingerprint density at radius 1 is 1.47 bits per heavy atom. The van der Waals surface area contributed by atoms with Crippen LogP contribution in [0.1, 0.15) is 30.3 Å². The van der Waals surface area contributed by atoms with Gasteiger partial charge in [-0.2, -0.15) is 0 Å². The van der Waals surface area contributed by atoms with Gasteiger partial charge in [0.05, 0.1) is 18.6 Å². The molecule has 0 bridgehead atoms. The van der Waals surface area contributed by atoms with Gasteiger partial charge in [-0.3, -0.25) is 4.98 Å². The summed E-state index contributed by atoms with van der Waals surface area (Å²) in [7, 11) is 0. The van der Waals surface area contributed by atoms with Crippen LogP contribution in [0.15, 0.2) is 30.9 Å². The van der Waals surface area contributed by atoms with Gasteiger partial charge in [0.1, 0.15) is 0 Å². The van der Waals surface area contributed by atoms with E-state index in [1.54, 1.807) is 0 Å². The first kappa shape index (κ1) is 12.4. The molecule has 0 radical (unpaired) electrons. The summed E-state index contributed by atoms with van der Waals surface area (Å²) < 4.78 is 2.24. The van der Waals surface area contributed by atoms with Crippen LogP contribution in [0.3, 0.4) is 0 Å². The fourth-order valence-corrected chi connectivity index (χ4v) is 2.83. The lowest BCUT2D eigenvalue weighted by Crippen LogP contribution is -2.28. The van der Waals surface area contributed by atoms with Gasteiger partial charge in [-0.05, 0) is 31.5 Å². The Morgan fingerprint density at radius 2 is 2.37 bits per heavy atom. The first-order valence-electron chi connectivity index (χ1n) is 6.81. The molecular weight excluding hydrogens is 236 g/mol. The van der Waals surface area contributed by atoms with E-state index in [9.17, 15) is 0 Å². The van der Waals surface area contributed by atoms with E-state index in [4.69, 9.17) is 0 Å². The lowest BCUT2D eigenvalue weighted by atomic mass is 9.86. The van der Waals surface area contributed by atoms with E-state index in [0.717, 1.165) is 25.3 Å². The van der Waals surface area contributed by atoms with Crippen LogP contribution in [0.4, 0.5) is 0 Å². The van der Waals surface area contributed by atoms with Crippen molar-refractivity contribution in [2.75, 3.05) is 13.1 Å². The predicted octanol–water partition coefficient (Wildman–Crippen LogP) is 1.89. The summed E-state index contributed by atoms with van der Waals surface area (Å²) in [5.74, 6) is 0. The van der Waals surface area contributed by atoms with Crippen molar-refractivity contribution in [1.29, 1.82) is 0 Å². The fraction of sp³-hybridized carbons (Fsp3) is 0.467. The molecule has 0 amide bonds. The zero-order chi connectivity index (χ0) is 13.3. The lowest BCUT2D eigenvalue weighted by Gasteiger charge is -2.24. The molecule has 0 spiro atoms. The number of rotatable bonds is 3. The van der Waals surface area contributed by atoms with Crippen molar-refractivity contribution in [3.8, 4) is 0 Å². The Hall–Kier alpha value is -1.68. The maximum absolute atomic E-state index is 4.48. The third kappa shape index (κ3) is 2.28. The number of imidazole rings is 1. The summed E-state index contributed by atoms with van der Waals surface area (Å²) in [6, 6.07) is 4.09. The van der Waals surface area contributed by atoms with E-state index in [-0.39, 0.29) is 5.41 Å². The third-order valence-corrected chi connectivity index (χ3v) is 4.14. The second kappa shape index (κ2) is 4.78. The number of hydrogen-bond acceptors (Lipinski definition) is 3. The molecule has 0 aliphatic carbocycles. The first-order chi connectivity index (χ1) is 9.19. The standard InChI is InChI=1S/C15H20N4/c1-12-4-3-6-18-13(12)9-19-11-17-8-14(19)15(2)5-7-16-10-15/h3-4,6,8,11,16H,5,7,9-10H2,1-2H3. The van der Waals surface area contributed by atoms with Crippen LogP contribution < -0.4 is 5.32 Å². The SMILES string of the molecule is Cc1cccnc1Cn1cncc1C1(C)CCNC1. The van der Waals surface area contributed by atoms with Crippen molar-refractivity contribution in [1.82, 2.24) is 19.9 Å². The van der Waals surface area contributed by atoms with Crippen LogP contribution >= 0.6 is 0 Å². The zero-order valence-corrected chi connectivity index (χ0v) is 11.6. The molecular formula is C15H20N4. The van der Waals surface area contributed by atoms with Crippen LogP contribution in [0.25, 0.3) is 0 Å². The molecule has 1 fully saturated rings. The number of aryl methyl sites for hydroxylation is 1. The molecule has 0 aromatic carbocycles. The average Bonchev–Trinajstić information content (AvgIpc) is 3.02. The van der Waals surface area contributed by atoms with E-state index in [2.05, 4.69) is 39.8 Å². The van der Waals surface area contributed by atoms with Crippen molar-refractivity contribution in [3.63, 3.8) is 0 Å². The largest absolute Gasteiger partial charge is 0.328 e. The van der Waals surface area contributed by atoms with Crippen LogP contribution in [0.2, 0.25) is 0 Å². The second-order valence-electron chi connectivity index (χ2n) is 5.66. The summed E-state index contributed by atoms with van der Waals surface area (Å²) >= 11 is 0. The molecule has 1 saturated heterocycles. The Morgan fingerprint density at radius 3 is 3.11 bits per heavy atom. The van der Waals surface area contributed by atoms with Crippen molar-refractivity contribution in [2.45, 2.75) is 32.2 Å². The first-order valence-corrected chi connectivity index (χ1v) is 6.81. The van der Waals surface area contributed by atoms with Crippen LogP contribution in [-0.2, 0) is 12.0 Å². The molecule has 1 aliphatic rings. The molecule has 0 saturated carbocycles. The summed E-state index contributed by atoms with van der Waals surface area (Å²) in [4.78, 5) is 8.82. The van der Waals surface area contributed by atoms with Gasteiger partial charge in [-0.15, -0.1) is 0 Å². The van der Waals surface area contributed by atoms with Crippen molar-refractivity contribution in [3.05, 3.63) is 47.8 Å². The van der Waals surface area contributed by atoms with Gasteiger partial charge in [0, 0.05) is 30.0 Å². The minimum absolute atomic E-state index is 0.194. The smallest absolute Gasteiger partial charge is 0.0952 e. The zero-order valence-electron chi connectivity index (χ0n) is 11.6. The molecule has 2 aromatic rings. The van der Waals surface area contributed by atoms with Gasteiger partial charge < -0.3 is 9.88 Å². The fourth-order valence-electron chi connectivity index (χ4n) is 2.83. The van der Waals surface area contributed by atoms with Crippen molar-refractivity contribution < 1.29 is 0 Å². The number of nitrogens with one attached hydrogen (secondary N) is 1. The van der Waals surface area contributed by atoms with E-state index in [1.807, 2.05) is 24.8 Å². The van der Waals surface area contributed by atoms with Gasteiger partial charge in [0.25, 0.3) is 0 Å². The monoisotopic (exact) mass is 256 g/mol. The van der Waals surface area contributed by atoms with Crippen molar-refractivity contribution >= 4 is 0 Å². The molecule has 19 heavy (non-hydrogen) atoms. The summed E-state index contributed by atoms with van der Waals surface area (Å²) in [6.45, 7) is 7.34. The predicted molar refractivity (Wildman–Crippen MR) is 75.1 cm³/mol. The number of hydrogen-bond donors (Lipinski definition) is 1. The topological polar surface area (TPSA) is 42.7 Å². The Bertz CT molecular complexity index is 567. The minimum Gasteiger partial charge on any atom is -0.328 e. The van der Waals surface area contributed by atoms with E-state index >= 15 is 0 Å². The molecule has 100 valence electrons. The highest BCUT2D eigenvalue weighted by Crippen LogP contribution is 2.30. The van der Waals surface area contributed by atoms with Gasteiger partial charge in [0.15, 0.2) is 0 Å². The normalized spacial score (nSPS) is 22.8. The summed E-state index contributed by atoms with van der Waals surface area (Å²) in [5.41, 5.74) is 3.86. The number of pyridine rings is 1. The summed E-state index contributed by atoms with van der Waals surface area (Å²) in [6.07, 6.45) is 6.95. The lowest BCUT2D eigenvalue weighted by molar-refractivity contribution is 0.480. The van der Waals surface area contributed by atoms with E-state index in [0.29, 0.717) is 0 Å². The molecule has 4 nitrogen and oxygen atoms in total. The van der Waals surface area contributed by atoms with Crippen LogP contribution in [-0.4, -0.2) is 27.6 Å². The van der Waals surface area contributed by atoms with E-state index in [1.165, 1.54) is 17.7 Å². The molecule has 3 heterocycles. The van der Waals surface area contributed by atoms with Gasteiger partial charge in [-0.1, -0.05) is 13.0 Å². The van der Waals surface area contributed by atoms with Crippen LogP contribution in [0, 0.1) is 6.92 Å².